The van der Waals surface area contributed by atoms with Gasteiger partial charge in [0.05, 0.1) is 0 Å². The van der Waals surface area contributed by atoms with Crippen LogP contribution in [0.25, 0.3) is 72.2 Å². The van der Waals surface area contributed by atoms with Crippen molar-refractivity contribution in [1.82, 2.24) is 14.5 Å². The van der Waals surface area contributed by atoms with E-state index in [2.05, 4.69) is 156 Å². The molecule has 0 aliphatic carbocycles. The van der Waals surface area contributed by atoms with Gasteiger partial charge in [-0.05, 0) is 0 Å². The normalized spacial score (nSPS) is 13.4. The first-order valence-electron chi connectivity index (χ1n) is 15.2. The summed E-state index contributed by atoms with van der Waals surface area (Å²) >= 11 is -2.51. The van der Waals surface area contributed by atoms with Crippen LogP contribution in [0.2, 0.25) is 11.5 Å². The Kier molecular flexibility index (Phi) is 5.51. The molecule has 8 aromatic rings. The van der Waals surface area contributed by atoms with Crippen molar-refractivity contribution in [3.05, 3.63) is 140 Å². The van der Waals surface area contributed by atoms with Crippen LogP contribution in [0.4, 0.5) is 0 Å². The summed E-state index contributed by atoms with van der Waals surface area (Å²) in [6, 6.07) is 50.1. The third-order valence-corrected chi connectivity index (χ3v) is 16.8. The standard InChI is InChI=1S/C40H29GeN3/c1-41(2)34-21-10-8-19-31(34)39-36(41)32-20-9-11-22-35(32)44(39)29-17-12-16-28(25-29)40-42-37(27-14-4-3-5-15-27)33-24-23-26-13-6-7-18-30(26)38(33)43-40/h3-25H,1-2H3. The quantitative estimate of drug-likeness (QED) is 0.145. The van der Waals surface area contributed by atoms with Gasteiger partial charge in [0.15, 0.2) is 0 Å². The number of hydrogen-bond acceptors (Lipinski definition) is 2. The molecule has 1 aliphatic heterocycles. The molecular weight excluding hydrogens is 595 g/mol. The first-order valence-corrected chi connectivity index (χ1v) is 21.5. The molecule has 0 bridgehead atoms. The SMILES string of the molecule is [CH3][Ge]1([CH3])[c]2ccccc2-c2[c]1c1ccccc1n2-c1cccc(-c2nc(-c3ccccc3)c3ccc4ccccc4c3n2)c1. The number of aromatic nitrogens is 3. The van der Waals surface area contributed by atoms with Crippen LogP contribution in [0.1, 0.15) is 0 Å². The minimum absolute atomic E-state index is 0.737. The molecule has 0 unspecified atom stereocenters. The second-order valence-corrected chi connectivity index (χ2v) is 21.2. The summed E-state index contributed by atoms with van der Waals surface area (Å²) in [6.07, 6.45) is 0. The molecule has 208 valence electrons. The Morgan fingerprint density at radius 1 is 0.568 bits per heavy atom. The molecule has 9 rings (SSSR count). The van der Waals surface area contributed by atoms with E-state index in [1.165, 1.54) is 27.5 Å². The van der Waals surface area contributed by atoms with Crippen molar-refractivity contribution in [3.63, 3.8) is 0 Å². The van der Waals surface area contributed by atoms with Gasteiger partial charge in [0.1, 0.15) is 0 Å². The summed E-state index contributed by atoms with van der Waals surface area (Å²) in [7, 11) is 0. The van der Waals surface area contributed by atoms with Crippen molar-refractivity contribution in [3.8, 4) is 39.6 Å². The monoisotopic (exact) mass is 625 g/mol. The zero-order valence-electron chi connectivity index (χ0n) is 24.6. The third kappa shape index (κ3) is 3.63. The van der Waals surface area contributed by atoms with E-state index in [0.29, 0.717) is 0 Å². The van der Waals surface area contributed by atoms with Gasteiger partial charge in [0.25, 0.3) is 0 Å². The number of fused-ring (bicyclic) bond motifs is 8. The van der Waals surface area contributed by atoms with E-state index < -0.39 is 13.3 Å². The zero-order chi connectivity index (χ0) is 29.4. The molecule has 44 heavy (non-hydrogen) atoms. The summed E-state index contributed by atoms with van der Waals surface area (Å²) in [6.45, 7) is 0. The summed E-state index contributed by atoms with van der Waals surface area (Å²) < 4.78 is 5.62. The Hall–Kier alpha value is -5.00. The van der Waals surface area contributed by atoms with Crippen LogP contribution in [-0.2, 0) is 0 Å². The van der Waals surface area contributed by atoms with Crippen LogP contribution in [-0.4, -0.2) is 27.8 Å². The van der Waals surface area contributed by atoms with Gasteiger partial charge in [0, 0.05) is 0 Å². The van der Waals surface area contributed by atoms with E-state index in [-0.39, 0.29) is 0 Å². The number of rotatable bonds is 3. The Balaban J connectivity index is 1.32. The van der Waals surface area contributed by atoms with Crippen LogP contribution >= 0.6 is 0 Å². The average molecular weight is 624 g/mol. The van der Waals surface area contributed by atoms with Crippen molar-refractivity contribution < 1.29 is 0 Å². The molecule has 0 N–H and O–H groups in total. The van der Waals surface area contributed by atoms with Gasteiger partial charge >= 0.3 is 248 Å². The number of benzene rings is 6. The Morgan fingerprint density at radius 2 is 1.30 bits per heavy atom. The number of nitrogens with zero attached hydrogens (tertiary/aromatic N) is 3. The van der Waals surface area contributed by atoms with Crippen molar-refractivity contribution in [1.29, 1.82) is 0 Å². The van der Waals surface area contributed by atoms with E-state index >= 15 is 0 Å². The van der Waals surface area contributed by atoms with Crippen molar-refractivity contribution in [2.75, 3.05) is 0 Å². The first kappa shape index (κ1) is 25.5. The van der Waals surface area contributed by atoms with Gasteiger partial charge in [-0.25, -0.2) is 0 Å². The second kappa shape index (κ2) is 9.50. The van der Waals surface area contributed by atoms with Gasteiger partial charge in [0.2, 0.25) is 0 Å². The fourth-order valence-corrected chi connectivity index (χ4v) is 14.5. The van der Waals surface area contributed by atoms with Crippen LogP contribution < -0.4 is 8.79 Å². The van der Waals surface area contributed by atoms with E-state index in [1.54, 1.807) is 8.79 Å². The fourth-order valence-electron chi connectivity index (χ4n) is 7.36. The molecule has 2 aromatic heterocycles. The number of para-hydroxylation sites is 1. The molecule has 0 saturated carbocycles. The van der Waals surface area contributed by atoms with E-state index in [9.17, 15) is 0 Å². The molecule has 6 aromatic carbocycles. The second-order valence-electron chi connectivity index (χ2n) is 12.2. The van der Waals surface area contributed by atoms with Gasteiger partial charge < -0.3 is 0 Å². The van der Waals surface area contributed by atoms with Crippen molar-refractivity contribution in [2.24, 2.45) is 0 Å². The summed E-state index contributed by atoms with van der Waals surface area (Å²) in [5, 5.41) is 4.77. The van der Waals surface area contributed by atoms with Gasteiger partial charge in [-0.1, -0.05) is 12.1 Å². The topological polar surface area (TPSA) is 30.7 Å². The fraction of sp³-hybridized carbons (Fsp3) is 0.0500. The van der Waals surface area contributed by atoms with E-state index in [1.807, 2.05) is 0 Å². The Morgan fingerprint density at radius 3 is 2.18 bits per heavy atom. The third-order valence-electron chi connectivity index (χ3n) is 9.36. The van der Waals surface area contributed by atoms with Gasteiger partial charge in [-0.15, -0.1) is 0 Å². The predicted molar refractivity (Wildman–Crippen MR) is 187 cm³/mol. The first-order chi connectivity index (χ1) is 21.6. The number of hydrogen-bond donors (Lipinski definition) is 0. The summed E-state index contributed by atoms with van der Waals surface area (Å²) in [5.74, 6) is 5.81. The Bertz CT molecular complexity index is 2420. The van der Waals surface area contributed by atoms with Gasteiger partial charge in [-0.3, -0.25) is 0 Å². The molecule has 4 heteroatoms. The molecular formula is C40H29GeN3. The van der Waals surface area contributed by atoms with Crippen LogP contribution in [0.15, 0.2) is 140 Å². The molecule has 0 fully saturated rings. The Labute approximate surface area is 258 Å². The molecule has 3 nitrogen and oxygen atoms in total. The molecule has 0 atom stereocenters. The van der Waals surface area contributed by atoms with Crippen LogP contribution in [0, 0.1) is 0 Å². The zero-order valence-corrected chi connectivity index (χ0v) is 26.7. The predicted octanol–water partition coefficient (Wildman–Crippen LogP) is 8.86. The summed E-state index contributed by atoms with van der Waals surface area (Å²) in [4.78, 5) is 10.5. The molecule has 0 saturated heterocycles. The molecule has 0 amide bonds. The minimum atomic E-state index is -2.51. The molecule has 3 heterocycles. The molecule has 0 spiro atoms. The van der Waals surface area contributed by atoms with E-state index in [4.69, 9.17) is 9.97 Å². The van der Waals surface area contributed by atoms with Crippen molar-refractivity contribution >= 4 is 54.6 Å². The summed E-state index contributed by atoms with van der Waals surface area (Å²) in [5.41, 5.74) is 9.18. The van der Waals surface area contributed by atoms with Crippen LogP contribution in [0.5, 0.6) is 0 Å². The van der Waals surface area contributed by atoms with E-state index in [0.717, 1.165) is 44.6 Å². The van der Waals surface area contributed by atoms with Gasteiger partial charge in [-0.2, -0.15) is 0 Å². The molecule has 0 radical (unpaired) electrons. The maximum absolute atomic E-state index is 5.26. The average Bonchev–Trinajstić information content (AvgIpc) is 3.55. The van der Waals surface area contributed by atoms with Crippen molar-refractivity contribution in [2.45, 2.75) is 11.5 Å². The maximum atomic E-state index is 5.26. The molecule has 1 aliphatic rings. The van der Waals surface area contributed by atoms with Crippen LogP contribution in [0.3, 0.4) is 0 Å².